The van der Waals surface area contributed by atoms with E-state index in [-0.39, 0.29) is 5.82 Å². The van der Waals surface area contributed by atoms with Crippen LogP contribution in [-0.2, 0) is 10.3 Å². The van der Waals surface area contributed by atoms with Crippen LogP contribution >= 0.6 is 0 Å². The van der Waals surface area contributed by atoms with Crippen molar-refractivity contribution in [3.63, 3.8) is 0 Å². The SMILES string of the molecule is COc1cc(C)cc(F)c1C1(C)CO1. The molecule has 3 heteroatoms. The average molecular weight is 196 g/mol. The molecule has 14 heavy (non-hydrogen) atoms. The van der Waals surface area contributed by atoms with E-state index < -0.39 is 5.60 Å². The van der Waals surface area contributed by atoms with Crippen molar-refractivity contribution in [1.82, 2.24) is 0 Å². The second-order valence-electron chi connectivity index (χ2n) is 3.84. The molecule has 1 saturated heterocycles. The number of aryl methyl sites for hydroxylation is 1. The summed E-state index contributed by atoms with van der Waals surface area (Å²) in [5, 5.41) is 0. The predicted octanol–water partition coefficient (Wildman–Crippen LogP) is 2.39. The molecule has 0 N–H and O–H groups in total. The monoisotopic (exact) mass is 196 g/mol. The van der Waals surface area contributed by atoms with Gasteiger partial charge in [-0.05, 0) is 31.5 Å². The van der Waals surface area contributed by atoms with Crippen molar-refractivity contribution >= 4 is 0 Å². The number of rotatable bonds is 2. The molecule has 0 radical (unpaired) electrons. The van der Waals surface area contributed by atoms with Crippen LogP contribution in [0, 0.1) is 12.7 Å². The molecule has 1 aliphatic heterocycles. The molecule has 0 aromatic heterocycles. The van der Waals surface area contributed by atoms with Crippen molar-refractivity contribution in [2.75, 3.05) is 13.7 Å². The fraction of sp³-hybridized carbons (Fsp3) is 0.455. The summed E-state index contributed by atoms with van der Waals surface area (Å²) in [5.74, 6) is 0.323. The van der Waals surface area contributed by atoms with Gasteiger partial charge in [0, 0.05) is 0 Å². The van der Waals surface area contributed by atoms with Crippen LogP contribution in [0.25, 0.3) is 0 Å². The maximum atomic E-state index is 13.7. The number of epoxide rings is 1. The van der Waals surface area contributed by atoms with Gasteiger partial charge in [-0.25, -0.2) is 4.39 Å². The van der Waals surface area contributed by atoms with Crippen LogP contribution in [0.5, 0.6) is 5.75 Å². The van der Waals surface area contributed by atoms with Gasteiger partial charge in [0.1, 0.15) is 17.2 Å². The number of ether oxygens (including phenoxy) is 2. The number of hydrogen-bond acceptors (Lipinski definition) is 2. The fourth-order valence-electron chi connectivity index (χ4n) is 1.64. The molecule has 1 unspecified atom stereocenters. The standard InChI is InChI=1S/C11H13FO2/c1-7-4-8(12)10(9(5-7)13-3)11(2)6-14-11/h4-5H,6H2,1-3H3. The van der Waals surface area contributed by atoms with Gasteiger partial charge in [-0.1, -0.05) is 0 Å². The Morgan fingerprint density at radius 2 is 2.14 bits per heavy atom. The van der Waals surface area contributed by atoms with E-state index in [2.05, 4.69) is 0 Å². The third-order valence-corrected chi connectivity index (χ3v) is 2.52. The van der Waals surface area contributed by atoms with Crippen molar-refractivity contribution in [3.05, 3.63) is 29.1 Å². The summed E-state index contributed by atoms with van der Waals surface area (Å²) in [6, 6.07) is 3.33. The predicted molar refractivity (Wildman–Crippen MR) is 51.0 cm³/mol. The van der Waals surface area contributed by atoms with Gasteiger partial charge in [0.25, 0.3) is 0 Å². The lowest BCUT2D eigenvalue weighted by atomic mass is 9.98. The first-order valence-electron chi connectivity index (χ1n) is 4.55. The van der Waals surface area contributed by atoms with Crippen molar-refractivity contribution in [1.29, 1.82) is 0 Å². The topological polar surface area (TPSA) is 21.8 Å². The van der Waals surface area contributed by atoms with Gasteiger partial charge in [0.05, 0.1) is 19.3 Å². The van der Waals surface area contributed by atoms with Gasteiger partial charge in [-0.15, -0.1) is 0 Å². The minimum Gasteiger partial charge on any atom is -0.496 e. The van der Waals surface area contributed by atoms with E-state index in [1.54, 1.807) is 7.11 Å². The van der Waals surface area contributed by atoms with Gasteiger partial charge < -0.3 is 9.47 Å². The van der Waals surface area contributed by atoms with Crippen LogP contribution in [0.1, 0.15) is 18.1 Å². The smallest absolute Gasteiger partial charge is 0.133 e. The first-order valence-corrected chi connectivity index (χ1v) is 4.55. The molecule has 1 aromatic rings. The van der Waals surface area contributed by atoms with E-state index in [1.165, 1.54) is 6.07 Å². The summed E-state index contributed by atoms with van der Waals surface area (Å²) < 4.78 is 24.1. The number of methoxy groups -OCH3 is 1. The molecule has 2 nitrogen and oxygen atoms in total. The minimum absolute atomic E-state index is 0.248. The number of hydrogen-bond donors (Lipinski definition) is 0. The van der Waals surface area contributed by atoms with Crippen LogP contribution in [0.15, 0.2) is 12.1 Å². The summed E-state index contributed by atoms with van der Waals surface area (Å²) in [4.78, 5) is 0. The largest absolute Gasteiger partial charge is 0.496 e. The summed E-state index contributed by atoms with van der Waals surface area (Å²) in [6.45, 7) is 4.26. The van der Waals surface area contributed by atoms with E-state index in [0.29, 0.717) is 17.9 Å². The second-order valence-corrected chi connectivity index (χ2v) is 3.84. The zero-order chi connectivity index (χ0) is 10.3. The van der Waals surface area contributed by atoms with Crippen LogP contribution < -0.4 is 4.74 Å². The first kappa shape index (κ1) is 9.46. The molecule has 1 aliphatic rings. The third kappa shape index (κ3) is 1.38. The highest BCUT2D eigenvalue weighted by Gasteiger charge is 2.45. The summed E-state index contributed by atoms with van der Waals surface area (Å²) >= 11 is 0. The molecule has 76 valence electrons. The van der Waals surface area contributed by atoms with Crippen LogP contribution in [0.3, 0.4) is 0 Å². The van der Waals surface area contributed by atoms with E-state index >= 15 is 0 Å². The highest BCUT2D eigenvalue weighted by molar-refractivity contribution is 5.43. The maximum Gasteiger partial charge on any atom is 0.133 e. The molecular weight excluding hydrogens is 183 g/mol. The molecule has 1 heterocycles. The van der Waals surface area contributed by atoms with Gasteiger partial charge in [-0.3, -0.25) is 0 Å². The lowest BCUT2D eigenvalue weighted by molar-refractivity contribution is 0.307. The van der Waals surface area contributed by atoms with Crippen molar-refractivity contribution < 1.29 is 13.9 Å². The fourth-order valence-corrected chi connectivity index (χ4v) is 1.64. The van der Waals surface area contributed by atoms with E-state index in [4.69, 9.17) is 9.47 Å². The first-order chi connectivity index (χ1) is 6.57. The van der Waals surface area contributed by atoms with Crippen LogP contribution in [0.2, 0.25) is 0 Å². The molecule has 1 fully saturated rings. The summed E-state index contributed by atoms with van der Waals surface area (Å²) in [7, 11) is 1.55. The second kappa shape index (κ2) is 2.95. The Kier molecular flexibility index (Phi) is 2.00. The third-order valence-electron chi connectivity index (χ3n) is 2.52. The van der Waals surface area contributed by atoms with Gasteiger partial charge in [0.15, 0.2) is 0 Å². The summed E-state index contributed by atoms with van der Waals surface area (Å²) in [5.41, 5.74) is 0.904. The molecule has 0 bridgehead atoms. The highest BCUT2D eigenvalue weighted by Crippen LogP contribution is 2.44. The Labute approximate surface area is 82.6 Å². The van der Waals surface area contributed by atoms with Crippen molar-refractivity contribution in [2.24, 2.45) is 0 Å². The lowest BCUT2D eigenvalue weighted by Crippen LogP contribution is -2.08. The lowest BCUT2D eigenvalue weighted by Gasteiger charge is -2.13. The average Bonchev–Trinajstić information content (AvgIpc) is 2.82. The highest BCUT2D eigenvalue weighted by atomic mass is 19.1. The molecule has 1 aromatic carbocycles. The van der Waals surface area contributed by atoms with Gasteiger partial charge in [0.2, 0.25) is 0 Å². The molecular formula is C11H13FO2. The van der Waals surface area contributed by atoms with Gasteiger partial charge >= 0.3 is 0 Å². The Morgan fingerprint density at radius 1 is 1.50 bits per heavy atom. The minimum atomic E-state index is -0.483. The zero-order valence-electron chi connectivity index (χ0n) is 8.56. The van der Waals surface area contributed by atoms with Crippen LogP contribution in [0.4, 0.5) is 4.39 Å². The molecule has 2 rings (SSSR count). The quantitative estimate of drug-likeness (QED) is 0.677. The summed E-state index contributed by atoms with van der Waals surface area (Å²) in [6.07, 6.45) is 0. The van der Waals surface area contributed by atoms with Gasteiger partial charge in [-0.2, -0.15) is 0 Å². The zero-order valence-corrected chi connectivity index (χ0v) is 8.56. The van der Waals surface area contributed by atoms with E-state index in [1.807, 2.05) is 19.9 Å². The molecule has 1 atom stereocenters. The van der Waals surface area contributed by atoms with E-state index in [0.717, 1.165) is 5.56 Å². The normalized spacial score (nSPS) is 24.9. The van der Waals surface area contributed by atoms with Crippen LogP contribution in [-0.4, -0.2) is 13.7 Å². The van der Waals surface area contributed by atoms with Crippen molar-refractivity contribution in [3.8, 4) is 5.75 Å². The Bertz CT molecular complexity index is 370. The Hall–Kier alpha value is -1.09. The maximum absolute atomic E-state index is 13.7. The number of halogens is 1. The Balaban J connectivity index is 2.56. The molecule has 0 aliphatic carbocycles. The number of benzene rings is 1. The molecule has 0 amide bonds. The molecule has 0 spiro atoms. The Morgan fingerprint density at radius 3 is 2.64 bits per heavy atom. The van der Waals surface area contributed by atoms with Crippen molar-refractivity contribution in [2.45, 2.75) is 19.4 Å². The molecule has 0 saturated carbocycles. The van der Waals surface area contributed by atoms with E-state index in [9.17, 15) is 4.39 Å².